The van der Waals surface area contributed by atoms with Crippen molar-refractivity contribution in [1.82, 2.24) is 10.2 Å². The van der Waals surface area contributed by atoms with Crippen molar-refractivity contribution in [2.24, 2.45) is 11.7 Å². The number of piperazine rings is 1. The first-order valence-electron chi connectivity index (χ1n) is 14.8. The molecule has 3 aromatic carbocycles. The van der Waals surface area contributed by atoms with E-state index in [1.165, 1.54) is 0 Å². The maximum absolute atomic E-state index is 13.8. The van der Waals surface area contributed by atoms with Gasteiger partial charge in [0, 0.05) is 13.0 Å². The van der Waals surface area contributed by atoms with Crippen LogP contribution in [0.2, 0.25) is 0 Å². The smallest absolute Gasteiger partial charge is 0.391 e. The van der Waals surface area contributed by atoms with E-state index in [4.69, 9.17) is 10.5 Å². The minimum Gasteiger partial charge on any atom is -0.490 e. The average molecular weight is 582 g/mol. The molecular weight excluding hydrogens is 543 g/mol. The number of carbonyl (C=O) groups excluding carboxylic acids is 2. The van der Waals surface area contributed by atoms with E-state index in [2.05, 4.69) is 11.4 Å². The van der Waals surface area contributed by atoms with Crippen LogP contribution >= 0.6 is 0 Å². The molecule has 4 atom stereocenters. The normalized spacial score (nSPS) is 23.2. The number of rotatable bonds is 10. The molecule has 2 aliphatic rings. The molecule has 1 aliphatic heterocycles. The highest BCUT2D eigenvalue weighted by atomic mass is 19.4. The summed E-state index contributed by atoms with van der Waals surface area (Å²) in [5.74, 6) is -1.14. The lowest BCUT2D eigenvalue weighted by molar-refractivity contribution is -0.188. The lowest BCUT2D eigenvalue weighted by Crippen LogP contribution is -2.63. The highest BCUT2D eigenvalue weighted by molar-refractivity contribution is 5.97. The van der Waals surface area contributed by atoms with Crippen molar-refractivity contribution < 1.29 is 27.5 Å². The summed E-state index contributed by atoms with van der Waals surface area (Å²) >= 11 is 0. The van der Waals surface area contributed by atoms with Gasteiger partial charge in [-0.2, -0.15) is 13.2 Å². The molecule has 6 nitrogen and oxygen atoms in total. The van der Waals surface area contributed by atoms with Gasteiger partial charge in [0.05, 0.1) is 12.0 Å². The zero-order valence-corrected chi connectivity index (χ0v) is 23.6. The lowest BCUT2D eigenvalue weighted by atomic mass is 9.87. The SMILES string of the molecule is NCCCCC1C(=O)NC(Cc2ccc3ccccc3c2)C(=O)N1Cc1ccc(OC2CCCC(C(F)(F)F)C2)cc1. The summed E-state index contributed by atoms with van der Waals surface area (Å²) in [6.07, 6.45) is -1.12. The van der Waals surface area contributed by atoms with Crippen LogP contribution in [0.3, 0.4) is 0 Å². The Bertz CT molecular complexity index is 1380. The third-order valence-corrected chi connectivity index (χ3v) is 8.43. The maximum atomic E-state index is 13.8. The Morgan fingerprint density at radius 1 is 0.929 bits per heavy atom. The molecule has 1 heterocycles. The van der Waals surface area contributed by atoms with Gasteiger partial charge in [0.2, 0.25) is 11.8 Å². The fraction of sp³-hybridized carbons (Fsp3) is 0.455. The molecule has 224 valence electrons. The average Bonchev–Trinajstić information content (AvgIpc) is 2.97. The van der Waals surface area contributed by atoms with Gasteiger partial charge in [-0.15, -0.1) is 0 Å². The number of fused-ring (bicyclic) bond motifs is 1. The largest absolute Gasteiger partial charge is 0.490 e. The van der Waals surface area contributed by atoms with Crippen LogP contribution < -0.4 is 15.8 Å². The molecule has 1 saturated heterocycles. The number of halogens is 3. The number of benzene rings is 3. The molecule has 1 aliphatic carbocycles. The van der Waals surface area contributed by atoms with E-state index in [9.17, 15) is 22.8 Å². The van der Waals surface area contributed by atoms with E-state index in [-0.39, 0.29) is 31.2 Å². The monoisotopic (exact) mass is 581 g/mol. The number of unbranched alkanes of at least 4 members (excludes halogenated alkanes) is 1. The van der Waals surface area contributed by atoms with E-state index in [0.29, 0.717) is 38.0 Å². The third-order valence-electron chi connectivity index (χ3n) is 8.43. The number of alkyl halides is 3. The van der Waals surface area contributed by atoms with Gasteiger partial charge < -0.3 is 20.7 Å². The molecule has 2 amide bonds. The second kappa shape index (κ2) is 13.2. The minimum atomic E-state index is -4.20. The standard InChI is InChI=1S/C33H38F3N3O3/c34-33(35,36)26-8-5-9-28(20-26)42-27-15-12-22(13-16-27)21-39-30(10-3-4-17-37)31(40)38-29(32(39)41)19-23-11-14-24-6-1-2-7-25(24)18-23/h1-2,6-7,11-16,18,26,28-30H,3-5,8-10,17,19-21,37H2,(H,38,40). The van der Waals surface area contributed by atoms with Crippen LogP contribution in [-0.2, 0) is 22.6 Å². The Morgan fingerprint density at radius 3 is 2.40 bits per heavy atom. The molecule has 9 heteroatoms. The molecule has 2 fully saturated rings. The Hall–Kier alpha value is -3.59. The van der Waals surface area contributed by atoms with Gasteiger partial charge in [0.1, 0.15) is 17.8 Å². The van der Waals surface area contributed by atoms with Crippen molar-refractivity contribution in [1.29, 1.82) is 0 Å². The fourth-order valence-corrected chi connectivity index (χ4v) is 6.13. The van der Waals surface area contributed by atoms with Crippen LogP contribution in [0.5, 0.6) is 5.75 Å². The van der Waals surface area contributed by atoms with E-state index in [1.807, 2.05) is 48.5 Å². The Labute approximate surface area is 244 Å². The summed E-state index contributed by atoms with van der Waals surface area (Å²) in [5, 5.41) is 5.15. The van der Waals surface area contributed by atoms with E-state index in [0.717, 1.165) is 34.7 Å². The van der Waals surface area contributed by atoms with Crippen LogP contribution in [0.25, 0.3) is 10.8 Å². The molecule has 0 spiro atoms. The highest BCUT2D eigenvalue weighted by Gasteiger charge is 2.43. The summed E-state index contributed by atoms with van der Waals surface area (Å²) < 4.78 is 45.5. The van der Waals surface area contributed by atoms with Gasteiger partial charge in [0.15, 0.2) is 0 Å². The number of nitrogens with two attached hydrogens (primary N) is 1. The first kappa shape index (κ1) is 29.9. The number of ether oxygens (including phenoxy) is 1. The molecule has 5 rings (SSSR count). The van der Waals surface area contributed by atoms with Gasteiger partial charge in [-0.3, -0.25) is 9.59 Å². The highest BCUT2D eigenvalue weighted by Crippen LogP contribution is 2.38. The van der Waals surface area contributed by atoms with E-state index in [1.54, 1.807) is 17.0 Å². The molecule has 4 unspecified atom stereocenters. The number of nitrogens with one attached hydrogen (secondary N) is 1. The molecule has 42 heavy (non-hydrogen) atoms. The van der Waals surface area contributed by atoms with Gasteiger partial charge in [-0.25, -0.2) is 0 Å². The molecule has 0 bridgehead atoms. The molecule has 3 N–H and O–H groups in total. The van der Waals surface area contributed by atoms with E-state index >= 15 is 0 Å². The Balaban J connectivity index is 1.28. The first-order chi connectivity index (χ1) is 20.2. The van der Waals surface area contributed by atoms with Gasteiger partial charge in [0.25, 0.3) is 0 Å². The molecular formula is C33H38F3N3O3. The second-order valence-electron chi connectivity index (χ2n) is 11.5. The van der Waals surface area contributed by atoms with Gasteiger partial charge in [-0.05, 0) is 85.5 Å². The zero-order chi connectivity index (χ0) is 29.7. The zero-order valence-electron chi connectivity index (χ0n) is 23.6. The topological polar surface area (TPSA) is 84.7 Å². The lowest BCUT2D eigenvalue weighted by Gasteiger charge is -2.39. The third kappa shape index (κ3) is 7.24. The summed E-state index contributed by atoms with van der Waals surface area (Å²) in [6, 6.07) is 19.9. The van der Waals surface area contributed by atoms with Crippen LogP contribution in [0.1, 0.15) is 56.1 Å². The predicted molar refractivity (Wildman–Crippen MR) is 156 cm³/mol. The summed E-state index contributed by atoms with van der Waals surface area (Å²) in [5.41, 5.74) is 7.45. The number of nitrogens with zero attached hydrogens (tertiary/aromatic N) is 1. The van der Waals surface area contributed by atoms with Crippen LogP contribution in [-0.4, -0.2) is 47.6 Å². The maximum Gasteiger partial charge on any atom is 0.391 e. The Kier molecular flexibility index (Phi) is 9.36. The molecule has 0 aromatic heterocycles. The van der Waals surface area contributed by atoms with Gasteiger partial charge in [-0.1, -0.05) is 54.6 Å². The van der Waals surface area contributed by atoms with Gasteiger partial charge >= 0.3 is 6.18 Å². The number of hydrogen-bond acceptors (Lipinski definition) is 4. The van der Waals surface area contributed by atoms with Crippen LogP contribution in [0.4, 0.5) is 13.2 Å². The first-order valence-corrected chi connectivity index (χ1v) is 14.8. The van der Waals surface area contributed by atoms with Crippen molar-refractivity contribution >= 4 is 22.6 Å². The quantitative estimate of drug-likeness (QED) is 0.292. The fourth-order valence-electron chi connectivity index (χ4n) is 6.13. The predicted octanol–water partition coefficient (Wildman–Crippen LogP) is 5.91. The number of carbonyl (C=O) groups is 2. The Morgan fingerprint density at radius 2 is 1.67 bits per heavy atom. The minimum absolute atomic E-state index is 0.0360. The summed E-state index contributed by atoms with van der Waals surface area (Å²) in [4.78, 5) is 28.7. The number of amides is 2. The van der Waals surface area contributed by atoms with Crippen molar-refractivity contribution in [3.8, 4) is 5.75 Å². The summed E-state index contributed by atoms with van der Waals surface area (Å²) in [7, 11) is 0. The van der Waals surface area contributed by atoms with Crippen molar-refractivity contribution in [2.45, 2.75) is 82.3 Å². The van der Waals surface area contributed by atoms with Crippen LogP contribution in [0.15, 0.2) is 66.7 Å². The molecule has 3 aromatic rings. The second-order valence-corrected chi connectivity index (χ2v) is 11.5. The summed E-state index contributed by atoms with van der Waals surface area (Å²) in [6.45, 7) is 0.757. The number of hydrogen-bond donors (Lipinski definition) is 2. The van der Waals surface area contributed by atoms with Crippen molar-refractivity contribution in [3.05, 3.63) is 77.9 Å². The van der Waals surface area contributed by atoms with E-state index < -0.39 is 30.3 Å². The molecule has 0 radical (unpaired) electrons. The van der Waals surface area contributed by atoms with Crippen molar-refractivity contribution in [3.63, 3.8) is 0 Å². The van der Waals surface area contributed by atoms with Crippen LogP contribution in [0, 0.1) is 5.92 Å². The molecule has 1 saturated carbocycles. The van der Waals surface area contributed by atoms with Crippen molar-refractivity contribution in [2.75, 3.05) is 6.54 Å².